The zero-order chi connectivity index (χ0) is 14.8. The number of carbonyl (C=O) groups is 1. The number of alkyl halides is 3. The van der Waals surface area contributed by atoms with Gasteiger partial charge in [0.1, 0.15) is 5.69 Å². The van der Waals surface area contributed by atoms with E-state index in [9.17, 15) is 18.0 Å². The Morgan fingerprint density at radius 3 is 2.75 bits per heavy atom. The first-order valence-corrected chi connectivity index (χ1v) is 6.56. The number of amides is 1. The molecule has 2 N–H and O–H groups in total. The number of rotatable bonds is 3. The minimum atomic E-state index is -4.53. The van der Waals surface area contributed by atoms with E-state index < -0.39 is 17.8 Å². The summed E-state index contributed by atoms with van der Waals surface area (Å²) in [6.45, 7) is 0. The second-order valence-electron chi connectivity index (χ2n) is 3.71. The van der Waals surface area contributed by atoms with Gasteiger partial charge in [-0.2, -0.15) is 18.3 Å². The van der Waals surface area contributed by atoms with Gasteiger partial charge in [-0.1, -0.05) is 0 Å². The minimum absolute atomic E-state index is 0.190. The van der Waals surface area contributed by atoms with Crippen molar-refractivity contribution in [2.75, 3.05) is 11.6 Å². The zero-order valence-corrected chi connectivity index (χ0v) is 11.0. The zero-order valence-electron chi connectivity index (χ0n) is 10.2. The third-order valence-corrected chi connectivity index (χ3v) is 2.97. The Morgan fingerprint density at radius 1 is 1.40 bits per heavy atom. The predicted octanol–water partition coefficient (Wildman–Crippen LogP) is 2.80. The van der Waals surface area contributed by atoms with Crippen LogP contribution in [0, 0.1) is 0 Å². The molecule has 20 heavy (non-hydrogen) atoms. The molecule has 2 aromatic heterocycles. The maximum absolute atomic E-state index is 12.4. The van der Waals surface area contributed by atoms with Crippen molar-refractivity contribution in [3.8, 4) is 0 Å². The Hall–Kier alpha value is -2.03. The highest BCUT2D eigenvalue weighted by molar-refractivity contribution is 7.98. The van der Waals surface area contributed by atoms with E-state index in [1.165, 1.54) is 30.1 Å². The van der Waals surface area contributed by atoms with Gasteiger partial charge in [-0.25, -0.2) is 4.98 Å². The number of hydrogen-bond acceptors (Lipinski definition) is 4. The lowest BCUT2D eigenvalue weighted by molar-refractivity contribution is -0.141. The highest BCUT2D eigenvalue weighted by atomic mass is 32.2. The first-order chi connectivity index (χ1) is 9.40. The van der Waals surface area contributed by atoms with Crippen molar-refractivity contribution in [3.05, 3.63) is 35.7 Å². The summed E-state index contributed by atoms with van der Waals surface area (Å²) < 4.78 is 37.1. The first-order valence-electron chi connectivity index (χ1n) is 5.34. The van der Waals surface area contributed by atoms with E-state index in [0.29, 0.717) is 10.6 Å². The molecule has 2 rings (SSSR count). The fourth-order valence-electron chi connectivity index (χ4n) is 1.38. The standard InChI is InChI=1S/C11H9F3N4OS/c1-20-9-4-6(2-3-15-9)10(19)16-8-5-7(17-18-8)11(12,13)14/h2-5H,1H3,(H2,16,17,18,19). The van der Waals surface area contributed by atoms with Gasteiger partial charge in [0.2, 0.25) is 0 Å². The third-order valence-electron chi connectivity index (χ3n) is 2.33. The third kappa shape index (κ3) is 3.29. The molecular formula is C11H9F3N4OS. The van der Waals surface area contributed by atoms with Crippen LogP contribution in [0.15, 0.2) is 29.4 Å². The topological polar surface area (TPSA) is 70.7 Å². The minimum Gasteiger partial charge on any atom is -0.305 e. The number of thioether (sulfide) groups is 1. The molecule has 0 aliphatic rings. The van der Waals surface area contributed by atoms with Gasteiger partial charge in [0.25, 0.3) is 5.91 Å². The summed E-state index contributed by atoms with van der Waals surface area (Å²) in [5, 5.41) is 8.13. The number of halogens is 3. The molecular weight excluding hydrogens is 293 g/mol. The molecule has 2 aromatic rings. The quantitative estimate of drug-likeness (QED) is 0.855. The molecule has 0 unspecified atom stereocenters. The summed E-state index contributed by atoms with van der Waals surface area (Å²) in [6.07, 6.45) is -1.28. The van der Waals surface area contributed by atoms with Crippen LogP contribution in [-0.2, 0) is 6.18 Å². The molecule has 5 nitrogen and oxygen atoms in total. The van der Waals surface area contributed by atoms with E-state index in [1.807, 2.05) is 5.10 Å². The van der Waals surface area contributed by atoms with E-state index in [2.05, 4.69) is 15.4 Å². The van der Waals surface area contributed by atoms with Crippen molar-refractivity contribution in [2.45, 2.75) is 11.2 Å². The average Bonchev–Trinajstić information content (AvgIpc) is 2.87. The van der Waals surface area contributed by atoms with Gasteiger partial charge < -0.3 is 5.32 Å². The molecule has 0 aromatic carbocycles. The van der Waals surface area contributed by atoms with Crippen LogP contribution in [-0.4, -0.2) is 27.3 Å². The molecule has 0 saturated heterocycles. The first kappa shape index (κ1) is 14.4. The average molecular weight is 302 g/mol. The van der Waals surface area contributed by atoms with Crippen molar-refractivity contribution in [3.63, 3.8) is 0 Å². The van der Waals surface area contributed by atoms with Crippen LogP contribution >= 0.6 is 11.8 Å². The lowest BCUT2D eigenvalue weighted by atomic mass is 10.2. The van der Waals surface area contributed by atoms with Crippen molar-refractivity contribution in [1.82, 2.24) is 15.2 Å². The number of aromatic amines is 1. The van der Waals surface area contributed by atoms with Gasteiger partial charge in [-0.3, -0.25) is 9.89 Å². The predicted molar refractivity (Wildman–Crippen MR) is 67.6 cm³/mol. The second kappa shape index (κ2) is 5.53. The van der Waals surface area contributed by atoms with Gasteiger partial charge in [-0.15, -0.1) is 11.8 Å². The maximum Gasteiger partial charge on any atom is 0.432 e. The number of nitrogens with zero attached hydrogens (tertiary/aromatic N) is 2. The summed E-state index contributed by atoms with van der Waals surface area (Å²) in [5.41, 5.74) is -0.728. The summed E-state index contributed by atoms with van der Waals surface area (Å²) in [4.78, 5) is 15.9. The van der Waals surface area contributed by atoms with Crippen LogP contribution in [0.5, 0.6) is 0 Å². The fraction of sp³-hybridized carbons (Fsp3) is 0.182. The van der Waals surface area contributed by atoms with Crippen molar-refractivity contribution in [1.29, 1.82) is 0 Å². The van der Waals surface area contributed by atoms with Crippen molar-refractivity contribution in [2.24, 2.45) is 0 Å². The molecule has 0 aliphatic carbocycles. The Labute approximate surface area is 116 Å². The van der Waals surface area contributed by atoms with Gasteiger partial charge in [-0.05, 0) is 18.4 Å². The van der Waals surface area contributed by atoms with Crippen LogP contribution in [0.3, 0.4) is 0 Å². The molecule has 0 spiro atoms. The molecule has 106 valence electrons. The molecule has 1 amide bonds. The summed E-state index contributed by atoms with van der Waals surface area (Å²) in [6, 6.07) is 3.73. The molecule has 0 saturated carbocycles. The summed E-state index contributed by atoms with van der Waals surface area (Å²) in [5.74, 6) is -0.743. The monoisotopic (exact) mass is 302 g/mol. The molecule has 0 fully saturated rings. The number of carbonyl (C=O) groups excluding carboxylic acids is 1. The van der Waals surface area contributed by atoms with Gasteiger partial charge >= 0.3 is 6.18 Å². The smallest absolute Gasteiger partial charge is 0.305 e. The van der Waals surface area contributed by atoms with E-state index in [4.69, 9.17) is 0 Å². The fourth-order valence-corrected chi connectivity index (χ4v) is 1.79. The number of aromatic nitrogens is 3. The van der Waals surface area contributed by atoms with E-state index in [1.54, 1.807) is 6.26 Å². The Morgan fingerprint density at radius 2 is 2.15 bits per heavy atom. The maximum atomic E-state index is 12.4. The lowest BCUT2D eigenvalue weighted by Crippen LogP contribution is -2.12. The largest absolute Gasteiger partial charge is 0.432 e. The van der Waals surface area contributed by atoms with Crippen molar-refractivity contribution >= 4 is 23.5 Å². The van der Waals surface area contributed by atoms with Gasteiger partial charge in [0, 0.05) is 17.8 Å². The van der Waals surface area contributed by atoms with Gasteiger partial charge in [0.15, 0.2) is 5.82 Å². The number of pyridine rings is 1. The van der Waals surface area contributed by atoms with Gasteiger partial charge in [0.05, 0.1) is 5.03 Å². The molecule has 2 heterocycles. The van der Waals surface area contributed by atoms with Crippen LogP contribution in [0.25, 0.3) is 0 Å². The second-order valence-corrected chi connectivity index (χ2v) is 4.53. The SMILES string of the molecule is CSc1cc(C(=O)Nc2cc(C(F)(F)F)[nH]n2)ccn1. The molecule has 0 bridgehead atoms. The Balaban J connectivity index is 2.13. The number of H-pyrrole nitrogens is 1. The van der Waals surface area contributed by atoms with E-state index in [0.717, 1.165) is 6.07 Å². The number of nitrogens with one attached hydrogen (secondary N) is 2. The van der Waals surface area contributed by atoms with E-state index in [-0.39, 0.29) is 5.82 Å². The van der Waals surface area contributed by atoms with Crippen LogP contribution in [0.2, 0.25) is 0 Å². The van der Waals surface area contributed by atoms with Crippen LogP contribution in [0.1, 0.15) is 16.1 Å². The lowest BCUT2D eigenvalue weighted by Gasteiger charge is -2.03. The molecule has 0 aliphatic heterocycles. The summed E-state index contributed by atoms with van der Waals surface area (Å²) in [7, 11) is 0. The van der Waals surface area contributed by atoms with Crippen LogP contribution < -0.4 is 5.32 Å². The highest BCUT2D eigenvalue weighted by Crippen LogP contribution is 2.28. The van der Waals surface area contributed by atoms with Crippen LogP contribution in [0.4, 0.5) is 19.0 Å². The number of hydrogen-bond donors (Lipinski definition) is 2. The Bertz CT molecular complexity index is 626. The normalized spacial score (nSPS) is 11.4. The molecule has 9 heteroatoms. The molecule has 0 radical (unpaired) electrons. The Kier molecular flexibility index (Phi) is 3.98. The number of anilines is 1. The molecule has 0 atom stereocenters. The van der Waals surface area contributed by atoms with Crippen molar-refractivity contribution < 1.29 is 18.0 Å². The summed E-state index contributed by atoms with van der Waals surface area (Å²) >= 11 is 1.35. The highest BCUT2D eigenvalue weighted by Gasteiger charge is 2.33. The van der Waals surface area contributed by atoms with E-state index >= 15 is 0 Å².